The first-order chi connectivity index (χ1) is 14.1. The zero-order chi connectivity index (χ0) is 20.6. The zero-order valence-electron chi connectivity index (χ0n) is 17.5. The second-order valence-corrected chi connectivity index (χ2v) is 8.13. The van der Waals surface area contributed by atoms with Gasteiger partial charge in [-0.25, -0.2) is 0 Å². The van der Waals surface area contributed by atoms with Crippen molar-refractivity contribution in [2.75, 3.05) is 19.8 Å². The SMILES string of the molecule is CN=C(NCc1ccccc1CN1CCCC1=O)NCc1ccc(C)cc1SC. The maximum absolute atomic E-state index is 12.0. The van der Waals surface area contributed by atoms with E-state index in [-0.39, 0.29) is 5.91 Å². The summed E-state index contributed by atoms with van der Waals surface area (Å²) in [7, 11) is 1.79. The highest BCUT2D eigenvalue weighted by Crippen LogP contribution is 2.21. The zero-order valence-corrected chi connectivity index (χ0v) is 18.3. The summed E-state index contributed by atoms with van der Waals surface area (Å²) in [6.07, 6.45) is 3.74. The van der Waals surface area contributed by atoms with Crippen molar-refractivity contribution in [3.05, 3.63) is 64.7 Å². The van der Waals surface area contributed by atoms with Crippen molar-refractivity contribution in [3.63, 3.8) is 0 Å². The summed E-state index contributed by atoms with van der Waals surface area (Å²) in [5, 5.41) is 6.82. The predicted molar refractivity (Wildman–Crippen MR) is 121 cm³/mol. The van der Waals surface area contributed by atoms with Gasteiger partial charge in [0, 0.05) is 44.5 Å². The summed E-state index contributed by atoms with van der Waals surface area (Å²) in [5.74, 6) is 1.03. The number of benzene rings is 2. The Kier molecular flexibility index (Phi) is 7.58. The molecule has 0 aromatic heterocycles. The number of amides is 1. The lowest BCUT2D eigenvalue weighted by molar-refractivity contribution is -0.128. The molecule has 154 valence electrons. The van der Waals surface area contributed by atoms with Gasteiger partial charge in [-0.05, 0) is 47.9 Å². The van der Waals surface area contributed by atoms with E-state index in [2.05, 4.69) is 59.1 Å². The van der Waals surface area contributed by atoms with Crippen LogP contribution in [-0.4, -0.2) is 36.6 Å². The van der Waals surface area contributed by atoms with Crippen molar-refractivity contribution in [2.24, 2.45) is 4.99 Å². The van der Waals surface area contributed by atoms with Gasteiger partial charge < -0.3 is 15.5 Å². The van der Waals surface area contributed by atoms with Crippen molar-refractivity contribution >= 4 is 23.6 Å². The third-order valence-corrected chi connectivity index (χ3v) is 6.03. The van der Waals surface area contributed by atoms with Crippen LogP contribution in [0.15, 0.2) is 52.4 Å². The van der Waals surface area contributed by atoms with Crippen molar-refractivity contribution in [1.82, 2.24) is 15.5 Å². The lowest BCUT2D eigenvalue weighted by atomic mass is 10.1. The molecule has 1 saturated heterocycles. The number of guanidine groups is 1. The Labute approximate surface area is 178 Å². The van der Waals surface area contributed by atoms with Gasteiger partial charge in [0.1, 0.15) is 0 Å². The van der Waals surface area contributed by atoms with Crippen LogP contribution in [0.2, 0.25) is 0 Å². The van der Waals surface area contributed by atoms with Crippen LogP contribution in [0.5, 0.6) is 0 Å². The molecule has 0 saturated carbocycles. The van der Waals surface area contributed by atoms with Crippen molar-refractivity contribution < 1.29 is 4.79 Å². The molecule has 0 atom stereocenters. The molecule has 29 heavy (non-hydrogen) atoms. The van der Waals surface area contributed by atoms with Gasteiger partial charge in [-0.1, -0.05) is 36.4 Å². The molecule has 0 aliphatic carbocycles. The summed E-state index contributed by atoms with van der Waals surface area (Å²) in [6, 6.07) is 14.8. The van der Waals surface area contributed by atoms with E-state index in [1.807, 2.05) is 17.0 Å². The molecule has 1 aliphatic rings. The number of rotatable bonds is 7. The van der Waals surface area contributed by atoms with Gasteiger partial charge in [-0.15, -0.1) is 11.8 Å². The number of hydrogen-bond acceptors (Lipinski definition) is 3. The molecule has 0 radical (unpaired) electrons. The number of aryl methyl sites for hydroxylation is 1. The van der Waals surface area contributed by atoms with Gasteiger partial charge >= 0.3 is 0 Å². The van der Waals surface area contributed by atoms with E-state index in [9.17, 15) is 4.79 Å². The minimum Gasteiger partial charge on any atom is -0.352 e. The fourth-order valence-electron chi connectivity index (χ4n) is 3.54. The van der Waals surface area contributed by atoms with Crippen molar-refractivity contribution in [2.45, 2.75) is 44.3 Å². The maximum Gasteiger partial charge on any atom is 0.222 e. The number of hydrogen-bond donors (Lipinski definition) is 2. The lowest BCUT2D eigenvalue weighted by Gasteiger charge is -2.19. The fraction of sp³-hybridized carbons (Fsp3) is 0.391. The molecule has 6 heteroatoms. The van der Waals surface area contributed by atoms with E-state index in [0.29, 0.717) is 19.5 Å². The highest BCUT2D eigenvalue weighted by molar-refractivity contribution is 7.98. The monoisotopic (exact) mass is 410 g/mol. The molecule has 0 unspecified atom stereocenters. The first-order valence-electron chi connectivity index (χ1n) is 10.0. The summed E-state index contributed by atoms with van der Waals surface area (Å²) >= 11 is 1.76. The molecule has 1 heterocycles. The van der Waals surface area contributed by atoms with Crippen LogP contribution in [0.3, 0.4) is 0 Å². The van der Waals surface area contributed by atoms with Crippen LogP contribution in [-0.2, 0) is 24.4 Å². The molecule has 2 aromatic carbocycles. The number of likely N-dealkylation sites (tertiary alicyclic amines) is 1. The Morgan fingerprint density at radius 2 is 1.83 bits per heavy atom. The summed E-state index contributed by atoms with van der Waals surface area (Å²) < 4.78 is 0. The van der Waals surface area contributed by atoms with Gasteiger partial charge in [0.15, 0.2) is 5.96 Å². The Hall–Kier alpha value is -2.47. The molecule has 2 N–H and O–H groups in total. The van der Waals surface area contributed by atoms with Crippen LogP contribution >= 0.6 is 11.8 Å². The number of carbonyl (C=O) groups excluding carboxylic acids is 1. The first-order valence-corrected chi connectivity index (χ1v) is 11.3. The van der Waals surface area contributed by atoms with Gasteiger partial charge in [-0.3, -0.25) is 9.79 Å². The topological polar surface area (TPSA) is 56.7 Å². The maximum atomic E-state index is 12.0. The molecule has 2 aromatic rings. The number of aliphatic imine (C=N–C) groups is 1. The molecule has 5 nitrogen and oxygen atoms in total. The molecule has 0 spiro atoms. The highest BCUT2D eigenvalue weighted by Gasteiger charge is 2.20. The second kappa shape index (κ2) is 10.3. The van der Waals surface area contributed by atoms with E-state index >= 15 is 0 Å². The number of carbonyl (C=O) groups is 1. The van der Waals surface area contributed by atoms with Gasteiger partial charge in [0.25, 0.3) is 0 Å². The van der Waals surface area contributed by atoms with E-state index in [0.717, 1.165) is 25.5 Å². The molecule has 3 rings (SSSR count). The van der Waals surface area contributed by atoms with E-state index in [1.54, 1.807) is 18.8 Å². The van der Waals surface area contributed by atoms with Gasteiger partial charge in [0.2, 0.25) is 5.91 Å². The third-order valence-electron chi connectivity index (χ3n) is 5.21. The molecule has 0 bridgehead atoms. The van der Waals surface area contributed by atoms with Crippen LogP contribution in [0, 0.1) is 6.92 Å². The van der Waals surface area contributed by atoms with Crippen LogP contribution in [0.1, 0.15) is 35.1 Å². The van der Waals surface area contributed by atoms with E-state index < -0.39 is 0 Å². The smallest absolute Gasteiger partial charge is 0.222 e. The third kappa shape index (κ3) is 5.76. The largest absolute Gasteiger partial charge is 0.352 e. The molecular weight excluding hydrogens is 380 g/mol. The van der Waals surface area contributed by atoms with Crippen LogP contribution < -0.4 is 10.6 Å². The van der Waals surface area contributed by atoms with Gasteiger partial charge in [0.05, 0.1) is 0 Å². The van der Waals surface area contributed by atoms with Crippen LogP contribution in [0.4, 0.5) is 0 Å². The molecule has 1 aliphatic heterocycles. The lowest BCUT2D eigenvalue weighted by Crippen LogP contribution is -2.36. The van der Waals surface area contributed by atoms with E-state index in [4.69, 9.17) is 0 Å². The average molecular weight is 411 g/mol. The normalized spacial score (nSPS) is 14.4. The standard InChI is InChI=1S/C23H30N4OS/c1-17-10-11-19(21(13-17)29-3)15-26-23(24-2)25-14-18-7-4-5-8-20(18)16-27-12-6-9-22(27)28/h4-5,7-8,10-11,13H,6,9,12,14-16H2,1-3H3,(H2,24,25,26). The van der Waals surface area contributed by atoms with Crippen LogP contribution in [0.25, 0.3) is 0 Å². The second-order valence-electron chi connectivity index (χ2n) is 7.28. The Morgan fingerprint density at radius 1 is 1.10 bits per heavy atom. The molecular formula is C23H30N4OS. The van der Waals surface area contributed by atoms with Gasteiger partial charge in [-0.2, -0.15) is 0 Å². The Balaban J connectivity index is 1.59. The minimum absolute atomic E-state index is 0.257. The quantitative estimate of drug-likeness (QED) is 0.415. The average Bonchev–Trinajstić information content (AvgIpc) is 3.14. The molecule has 1 fully saturated rings. The number of thioether (sulfide) groups is 1. The summed E-state index contributed by atoms with van der Waals surface area (Å²) in [4.78, 5) is 19.6. The predicted octanol–water partition coefficient (Wildman–Crippen LogP) is 3.70. The van der Waals surface area contributed by atoms with E-state index in [1.165, 1.54) is 27.1 Å². The highest BCUT2D eigenvalue weighted by atomic mass is 32.2. The summed E-state index contributed by atoms with van der Waals surface area (Å²) in [6.45, 7) is 5.05. The first kappa shape index (κ1) is 21.2. The minimum atomic E-state index is 0.257. The van der Waals surface area contributed by atoms with Crippen molar-refractivity contribution in [3.8, 4) is 0 Å². The Morgan fingerprint density at radius 3 is 2.48 bits per heavy atom. The number of nitrogens with zero attached hydrogens (tertiary/aromatic N) is 2. The summed E-state index contributed by atoms with van der Waals surface area (Å²) in [5.41, 5.74) is 4.91. The van der Waals surface area contributed by atoms with Crippen molar-refractivity contribution in [1.29, 1.82) is 0 Å². The number of nitrogens with one attached hydrogen (secondary N) is 2. The Bertz CT molecular complexity index is 881. The molecule has 1 amide bonds. The fourth-order valence-corrected chi connectivity index (χ4v) is 4.24.